The summed E-state index contributed by atoms with van der Waals surface area (Å²) in [5.74, 6) is 0.0259. The lowest BCUT2D eigenvalue weighted by atomic mass is 9.83. The first-order chi connectivity index (χ1) is 12.2. The summed E-state index contributed by atoms with van der Waals surface area (Å²) in [6.07, 6.45) is 10.0. The molecule has 1 aromatic rings. The van der Waals surface area contributed by atoms with E-state index in [0.29, 0.717) is 18.6 Å². The zero-order chi connectivity index (χ0) is 17.9. The molecule has 0 unspecified atom stereocenters. The molecule has 0 saturated heterocycles. The average molecular weight is 348 g/mol. The minimum absolute atomic E-state index is 0.167. The first kappa shape index (κ1) is 19.6. The van der Waals surface area contributed by atoms with Crippen LogP contribution in [0.5, 0.6) is 0 Å². The summed E-state index contributed by atoms with van der Waals surface area (Å²) in [5.41, 5.74) is 1.25. The van der Waals surface area contributed by atoms with Crippen LogP contribution in [0.1, 0.15) is 62.8 Å². The molecular weight excluding hydrogens is 319 g/mol. The van der Waals surface area contributed by atoms with Crippen molar-refractivity contribution < 1.29 is 18.7 Å². The van der Waals surface area contributed by atoms with E-state index in [1.807, 2.05) is 12.1 Å². The van der Waals surface area contributed by atoms with Crippen molar-refractivity contribution in [2.75, 3.05) is 13.2 Å². The molecule has 1 aliphatic rings. The molecule has 0 N–H and O–H groups in total. The standard InChI is InChI=1S/C21H29FO3/c1-2-21(23)25-16-6-4-3-5-15-24-20-13-9-18(10-14-20)17-7-11-19(22)12-8-17/h2,7-8,11-12,18,20H,1,3-6,9-10,13-16H2. The fraction of sp³-hybridized carbons (Fsp3) is 0.571. The predicted molar refractivity (Wildman–Crippen MR) is 97.0 cm³/mol. The molecule has 4 heteroatoms. The van der Waals surface area contributed by atoms with Crippen LogP contribution in [0.25, 0.3) is 0 Å². The van der Waals surface area contributed by atoms with E-state index >= 15 is 0 Å². The monoisotopic (exact) mass is 348 g/mol. The molecule has 1 fully saturated rings. The molecule has 138 valence electrons. The Balaban J connectivity index is 1.49. The fourth-order valence-corrected chi connectivity index (χ4v) is 3.34. The van der Waals surface area contributed by atoms with Crippen molar-refractivity contribution in [1.82, 2.24) is 0 Å². The van der Waals surface area contributed by atoms with Gasteiger partial charge in [-0.2, -0.15) is 0 Å². The normalized spacial score (nSPS) is 20.2. The van der Waals surface area contributed by atoms with E-state index < -0.39 is 0 Å². The SMILES string of the molecule is C=CC(=O)OCCCCCCOC1CCC(c2ccc(F)cc2)CC1. The summed E-state index contributed by atoms with van der Waals surface area (Å²) in [7, 11) is 0. The number of benzene rings is 1. The quantitative estimate of drug-likeness (QED) is 0.333. The van der Waals surface area contributed by atoms with Crippen molar-refractivity contribution >= 4 is 5.97 Å². The number of carbonyl (C=O) groups is 1. The van der Waals surface area contributed by atoms with Crippen LogP contribution in [0.3, 0.4) is 0 Å². The number of hydrogen-bond donors (Lipinski definition) is 0. The van der Waals surface area contributed by atoms with Crippen molar-refractivity contribution in [1.29, 1.82) is 0 Å². The number of carbonyl (C=O) groups excluding carboxylic acids is 1. The second-order valence-electron chi connectivity index (χ2n) is 6.68. The Bertz CT molecular complexity index is 518. The molecule has 0 radical (unpaired) electrons. The molecule has 25 heavy (non-hydrogen) atoms. The van der Waals surface area contributed by atoms with E-state index in [1.54, 1.807) is 12.1 Å². The predicted octanol–water partition coefficient (Wildman–Crippen LogP) is 5.16. The number of hydrogen-bond acceptors (Lipinski definition) is 3. The van der Waals surface area contributed by atoms with E-state index in [-0.39, 0.29) is 11.8 Å². The van der Waals surface area contributed by atoms with Crippen LogP contribution in [-0.2, 0) is 14.3 Å². The molecular formula is C21H29FO3. The molecule has 0 heterocycles. The van der Waals surface area contributed by atoms with Crippen molar-refractivity contribution in [2.24, 2.45) is 0 Å². The first-order valence-corrected chi connectivity index (χ1v) is 9.35. The van der Waals surface area contributed by atoms with Crippen LogP contribution >= 0.6 is 0 Å². The van der Waals surface area contributed by atoms with E-state index in [1.165, 1.54) is 11.6 Å². The van der Waals surface area contributed by atoms with Gasteiger partial charge in [-0.3, -0.25) is 0 Å². The number of halogens is 1. The molecule has 0 aliphatic heterocycles. The van der Waals surface area contributed by atoms with Crippen LogP contribution in [0.15, 0.2) is 36.9 Å². The Labute approximate surface area is 150 Å². The van der Waals surface area contributed by atoms with Gasteiger partial charge < -0.3 is 9.47 Å². The van der Waals surface area contributed by atoms with E-state index in [2.05, 4.69) is 6.58 Å². The highest BCUT2D eigenvalue weighted by Crippen LogP contribution is 2.34. The number of ether oxygens (including phenoxy) is 2. The zero-order valence-electron chi connectivity index (χ0n) is 14.9. The molecule has 3 nitrogen and oxygen atoms in total. The topological polar surface area (TPSA) is 35.5 Å². The number of unbranched alkanes of at least 4 members (excludes halogenated alkanes) is 3. The first-order valence-electron chi connectivity index (χ1n) is 9.35. The lowest BCUT2D eigenvalue weighted by Crippen LogP contribution is -2.21. The van der Waals surface area contributed by atoms with Gasteiger partial charge in [0.1, 0.15) is 5.82 Å². The summed E-state index contributed by atoms with van der Waals surface area (Å²) in [5, 5.41) is 0. The smallest absolute Gasteiger partial charge is 0.330 e. The lowest BCUT2D eigenvalue weighted by molar-refractivity contribution is -0.137. The Kier molecular flexibility index (Phi) is 8.67. The molecule has 0 aromatic heterocycles. The summed E-state index contributed by atoms with van der Waals surface area (Å²) in [4.78, 5) is 10.9. The molecule has 0 amide bonds. The minimum Gasteiger partial charge on any atom is -0.463 e. The van der Waals surface area contributed by atoms with Gasteiger partial charge in [-0.05, 0) is 68.6 Å². The van der Waals surface area contributed by atoms with Crippen LogP contribution in [0, 0.1) is 5.82 Å². The molecule has 1 aromatic carbocycles. The van der Waals surface area contributed by atoms with E-state index in [0.717, 1.165) is 58.0 Å². The Hall–Kier alpha value is -1.68. The highest BCUT2D eigenvalue weighted by molar-refractivity contribution is 5.81. The Morgan fingerprint density at radius 2 is 1.68 bits per heavy atom. The van der Waals surface area contributed by atoms with Gasteiger partial charge in [0.25, 0.3) is 0 Å². The van der Waals surface area contributed by atoms with E-state index in [9.17, 15) is 9.18 Å². The van der Waals surface area contributed by atoms with Gasteiger partial charge in [0.15, 0.2) is 0 Å². The molecule has 1 saturated carbocycles. The summed E-state index contributed by atoms with van der Waals surface area (Å²) >= 11 is 0. The highest BCUT2D eigenvalue weighted by atomic mass is 19.1. The third-order valence-electron chi connectivity index (χ3n) is 4.82. The van der Waals surface area contributed by atoms with Crippen LogP contribution in [0.4, 0.5) is 4.39 Å². The molecule has 2 rings (SSSR count). The Morgan fingerprint density at radius 3 is 2.32 bits per heavy atom. The molecule has 0 atom stereocenters. The van der Waals surface area contributed by atoms with E-state index in [4.69, 9.17) is 9.47 Å². The number of esters is 1. The third kappa shape index (κ3) is 7.39. The van der Waals surface area contributed by atoms with Crippen molar-refractivity contribution in [3.63, 3.8) is 0 Å². The summed E-state index contributed by atoms with van der Waals surface area (Å²) in [6, 6.07) is 6.92. The summed E-state index contributed by atoms with van der Waals surface area (Å²) < 4.78 is 23.9. The largest absolute Gasteiger partial charge is 0.463 e. The number of rotatable bonds is 10. The second-order valence-corrected chi connectivity index (χ2v) is 6.68. The van der Waals surface area contributed by atoms with Gasteiger partial charge in [0.05, 0.1) is 12.7 Å². The maximum atomic E-state index is 13.0. The lowest BCUT2D eigenvalue weighted by Gasteiger charge is -2.29. The van der Waals surface area contributed by atoms with Gasteiger partial charge in [-0.1, -0.05) is 25.1 Å². The van der Waals surface area contributed by atoms with Crippen LogP contribution in [0.2, 0.25) is 0 Å². The van der Waals surface area contributed by atoms with Crippen molar-refractivity contribution in [3.05, 3.63) is 48.3 Å². The second kappa shape index (κ2) is 11.0. The maximum Gasteiger partial charge on any atom is 0.330 e. The fourth-order valence-electron chi connectivity index (χ4n) is 3.34. The van der Waals surface area contributed by atoms with Crippen molar-refractivity contribution in [2.45, 2.75) is 63.4 Å². The van der Waals surface area contributed by atoms with Gasteiger partial charge in [-0.25, -0.2) is 9.18 Å². The van der Waals surface area contributed by atoms with Gasteiger partial charge in [0.2, 0.25) is 0 Å². The van der Waals surface area contributed by atoms with Crippen LogP contribution < -0.4 is 0 Å². The zero-order valence-corrected chi connectivity index (χ0v) is 14.9. The van der Waals surface area contributed by atoms with Gasteiger partial charge in [-0.15, -0.1) is 0 Å². The summed E-state index contributed by atoms with van der Waals surface area (Å²) in [6.45, 7) is 4.64. The molecule has 0 bridgehead atoms. The third-order valence-corrected chi connectivity index (χ3v) is 4.82. The van der Waals surface area contributed by atoms with Gasteiger partial charge >= 0.3 is 5.97 Å². The highest BCUT2D eigenvalue weighted by Gasteiger charge is 2.22. The molecule has 1 aliphatic carbocycles. The average Bonchev–Trinajstić information content (AvgIpc) is 2.65. The van der Waals surface area contributed by atoms with Crippen molar-refractivity contribution in [3.8, 4) is 0 Å². The maximum absolute atomic E-state index is 13.0. The molecule has 0 spiro atoms. The van der Waals surface area contributed by atoms with Gasteiger partial charge in [0, 0.05) is 12.7 Å². The Morgan fingerprint density at radius 1 is 1.04 bits per heavy atom. The van der Waals surface area contributed by atoms with Crippen LogP contribution in [-0.4, -0.2) is 25.3 Å². The minimum atomic E-state index is -0.348.